The van der Waals surface area contributed by atoms with Crippen LogP contribution >= 0.6 is 0 Å². The van der Waals surface area contributed by atoms with Gasteiger partial charge in [0.2, 0.25) is 0 Å². The first-order valence-corrected chi connectivity index (χ1v) is 8.52. The summed E-state index contributed by atoms with van der Waals surface area (Å²) < 4.78 is 5.72. The van der Waals surface area contributed by atoms with Gasteiger partial charge in [-0.05, 0) is 5.56 Å². The Morgan fingerprint density at radius 3 is 2.88 bits per heavy atom. The number of β-amino-alcohol motifs (C(OH)–C–C–N with tert-alkyl or cyclic N) is 1. The summed E-state index contributed by atoms with van der Waals surface area (Å²) in [4.78, 5) is 16.2. The Kier molecular flexibility index (Phi) is 6.16. The van der Waals surface area contributed by atoms with E-state index >= 15 is 0 Å². The van der Waals surface area contributed by atoms with Crippen LogP contribution in [0, 0.1) is 0 Å². The number of hydrogen-bond donors (Lipinski definition) is 2. The number of ether oxygens (including phenoxy) is 1. The monoisotopic (exact) mass is 344 g/mol. The second kappa shape index (κ2) is 8.75. The van der Waals surface area contributed by atoms with E-state index in [0.717, 1.165) is 18.7 Å². The average Bonchev–Trinajstić information content (AvgIpc) is 3.10. The van der Waals surface area contributed by atoms with Crippen LogP contribution in [0.2, 0.25) is 0 Å². The highest BCUT2D eigenvalue weighted by Crippen LogP contribution is 2.09. The molecule has 1 aliphatic rings. The topological polar surface area (TPSA) is 81.7 Å². The zero-order chi connectivity index (χ0) is 17.5. The number of carbonyl (C=O) groups excluding carboxylic acids is 1. The molecule has 1 aromatic carbocycles. The van der Waals surface area contributed by atoms with Gasteiger partial charge >= 0.3 is 0 Å². The standard InChI is InChI=1S/C18H24N4O3/c23-17-12-21(8-9-25-14-15-4-2-1-3-5-15)6-7-22(13-17)18(24)16-10-19-20-11-16/h1-5,10-11,17,23H,6-9,12-14H2,(H,19,20)/t17-/m0/s1. The fourth-order valence-electron chi connectivity index (χ4n) is 2.95. The van der Waals surface area contributed by atoms with Gasteiger partial charge in [-0.2, -0.15) is 5.10 Å². The van der Waals surface area contributed by atoms with Crippen LogP contribution < -0.4 is 0 Å². The highest BCUT2D eigenvalue weighted by Gasteiger charge is 2.25. The van der Waals surface area contributed by atoms with Crippen LogP contribution in [0.25, 0.3) is 0 Å². The van der Waals surface area contributed by atoms with Crippen molar-refractivity contribution < 1.29 is 14.6 Å². The van der Waals surface area contributed by atoms with Crippen molar-refractivity contribution in [2.75, 3.05) is 39.3 Å². The van der Waals surface area contributed by atoms with Gasteiger partial charge in [0.1, 0.15) is 0 Å². The minimum absolute atomic E-state index is 0.102. The smallest absolute Gasteiger partial charge is 0.257 e. The van der Waals surface area contributed by atoms with Gasteiger partial charge in [0.05, 0.1) is 31.1 Å². The Hall–Kier alpha value is -2.22. The van der Waals surface area contributed by atoms with E-state index in [1.807, 2.05) is 30.3 Å². The van der Waals surface area contributed by atoms with Crippen molar-refractivity contribution in [2.24, 2.45) is 0 Å². The van der Waals surface area contributed by atoms with E-state index in [9.17, 15) is 9.90 Å². The number of carbonyl (C=O) groups is 1. The number of benzene rings is 1. The lowest BCUT2D eigenvalue weighted by molar-refractivity contribution is 0.0637. The Morgan fingerprint density at radius 1 is 1.28 bits per heavy atom. The molecule has 1 saturated heterocycles. The highest BCUT2D eigenvalue weighted by molar-refractivity contribution is 5.93. The third-order valence-corrected chi connectivity index (χ3v) is 4.28. The molecule has 1 amide bonds. The van der Waals surface area contributed by atoms with Gasteiger partial charge in [0, 0.05) is 38.9 Å². The van der Waals surface area contributed by atoms with Crippen molar-refractivity contribution in [3.8, 4) is 0 Å². The molecule has 1 aromatic heterocycles. The van der Waals surface area contributed by atoms with E-state index in [2.05, 4.69) is 15.1 Å². The lowest BCUT2D eigenvalue weighted by Crippen LogP contribution is -2.37. The lowest BCUT2D eigenvalue weighted by atomic mass is 10.2. The Labute approximate surface area is 147 Å². The Bertz CT molecular complexity index is 648. The number of aromatic nitrogens is 2. The molecule has 2 N–H and O–H groups in total. The van der Waals surface area contributed by atoms with E-state index in [0.29, 0.717) is 38.4 Å². The van der Waals surface area contributed by atoms with E-state index in [4.69, 9.17) is 4.74 Å². The van der Waals surface area contributed by atoms with Gasteiger partial charge in [0.15, 0.2) is 0 Å². The van der Waals surface area contributed by atoms with Crippen molar-refractivity contribution in [1.82, 2.24) is 20.0 Å². The molecule has 7 nitrogen and oxygen atoms in total. The second-order valence-corrected chi connectivity index (χ2v) is 6.23. The molecule has 0 bridgehead atoms. The maximum absolute atomic E-state index is 12.4. The van der Waals surface area contributed by atoms with Crippen molar-refractivity contribution in [2.45, 2.75) is 12.7 Å². The largest absolute Gasteiger partial charge is 0.390 e. The van der Waals surface area contributed by atoms with E-state index in [1.54, 1.807) is 11.1 Å². The minimum atomic E-state index is -0.563. The molecule has 0 unspecified atom stereocenters. The molecule has 2 aromatic rings. The fraction of sp³-hybridized carbons (Fsp3) is 0.444. The van der Waals surface area contributed by atoms with E-state index < -0.39 is 6.10 Å². The Morgan fingerprint density at radius 2 is 2.12 bits per heavy atom. The normalized spacial score (nSPS) is 18.9. The van der Waals surface area contributed by atoms with Crippen molar-refractivity contribution in [3.05, 3.63) is 53.9 Å². The number of rotatable bonds is 6. The minimum Gasteiger partial charge on any atom is -0.390 e. The van der Waals surface area contributed by atoms with E-state index in [1.165, 1.54) is 6.20 Å². The molecule has 0 aliphatic carbocycles. The van der Waals surface area contributed by atoms with Crippen molar-refractivity contribution in [1.29, 1.82) is 0 Å². The number of H-pyrrole nitrogens is 1. The number of aliphatic hydroxyl groups excluding tert-OH is 1. The van der Waals surface area contributed by atoms with E-state index in [-0.39, 0.29) is 5.91 Å². The number of aromatic amines is 1. The summed E-state index contributed by atoms with van der Waals surface area (Å²) >= 11 is 0. The molecule has 1 fully saturated rings. The molecule has 0 radical (unpaired) electrons. The van der Waals surface area contributed by atoms with Crippen molar-refractivity contribution >= 4 is 5.91 Å². The number of nitrogens with zero attached hydrogens (tertiary/aromatic N) is 3. The molecule has 1 aliphatic heterocycles. The van der Waals surface area contributed by atoms with Gasteiger partial charge in [-0.1, -0.05) is 30.3 Å². The van der Waals surface area contributed by atoms with Crippen LogP contribution in [-0.4, -0.2) is 76.4 Å². The lowest BCUT2D eigenvalue weighted by Gasteiger charge is -2.21. The molecule has 25 heavy (non-hydrogen) atoms. The number of hydrogen-bond acceptors (Lipinski definition) is 5. The highest BCUT2D eigenvalue weighted by atomic mass is 16.5. The van der Waals surface area contributed by atoms with Gasteiger partial charge in [-0.15, -0.1) is 0 Å². The molecule has 0 spiro atoms. The predicted octanol–water partition coefficient (Wildman–Crippen LogP) is 0.745. The van der Waals surface area contributed by atoms with Crippen LogP contribution in [0.5, 0.6) is 0 Å². The maximum atomic E-state index is 12.4. The number of aliphatic hydroxyl groups is 1. The number of amides is 1. The molecule has 134 valence electrons. The van der Waals surface area contributed by atoms with Crippen LogP contribution in [0.15, 0.2) is 42.7 Å². The third-order valence-electron chi connectivity index (χ3n) is 4.28. The van der Waals surface area contributed by atoms with Gasteiger partial charge < -0.3 is 14.7 Å². The van der Waals surface area contributed by atoms with Crippen molar-refractivity contribution in [3.63, 3.8) is 0 Å². The first-order chi connectivity index (χ1) is 12.2. The van der Waals surface area contributed by atoms with Crippen LogP contribution in [0.3, 0.4) is 0 Å². The van der Waals surface area contributed by atoms with Gasteiger partial charge in [0.25, 0.3) is 5.91 Å². The first kappa shape index (κ1) is 17.6. The van der Waals surface area contributed by atoms with Crippen LogP contribution in [-0.2, 0) is 11.3 Å². The molecule has 3 rings (SSSR count). The summed E-state index contributed by atoms with van der Waals surface area (Å²) in [6, 6.07) is 10.0. The summed E-state index contributed by atoms with van der Waals surface area (Å²) in [5.74, 6) is -0.102. The zero-order valence-electron chi connectivity index (χ0n) is 14.2. The molecular formula is C18H24N4O3. The molecule has 7 heteroatoms. The summed E-state index contributed by atoms with van der Waals surface area (Å²) in [6.07, 6.45) is 2.52. The van der Waals surface area contributed by atoms with Crippen LogP contribution in [0.1, 0.15) is 15.9 Å². The summed E-state index contributed by atoms with van der Waals surface area (Å²) in [5.41, 5.74) is 1.67. The molecule has 2 heterocycles. The summed E-state index contributed by atoms with van der Waals surface area (Å²) in [6.45, 7) is 4.10. The Balaban J connectivity index is 1.44. The van der Waals surface area contributed by atoms with Gasteiger partial charge in [-0.3, -0.25) is 14.8 Å². The summed E-state index contributed by atoms with van der Waals surface area (Å²) in [5, 5.41) is 16.7. The molecule has 0 saturated carbocycles. The second-order valence-electron chi connectivity index (χ2n) is 6.23. The van der Waals surface area contributed by atoms with Crippen LogP contribution in [0.4, 0.5) is 0 Å². The SMILES string of the molecule is O=C(c1cn[nH]c1)N1CCN(CCOCc2ccccc2)C[C@H](O)C1. The average molecular weight is 344 g/mol. The quantitative estimate of drug-likeness (QED) is 0.756. The number of nitrogens with one attached hydrogen (secondary N) is 1. The maximum Gasteiger partial charge on any atom is 0.257 e. The first-order valence-electron chi connectivity index (χ1n) is 8.52. The van der Waals surface area contributed by atoms with Gasteiger partial charge in [-0.25, -0.2) is 0 Å². The third kappa shape index (κ3) is 5.12. The molecular weight excluding hydrogens is 320 g/mol. The summed E-state index contributed by atoms with van der Waals surface area (Å²) in [7, 11) is 0. The predicted molar refractivity (Wildman–Crippen MR) is 93.0 cm³/mol. The fourth-order valence-corrected chi connectivity index (χ4v) is 2.95. The zero-order valence-corrected chi connectivity index (χ0v) is 14.2. The molecule has 1 atom stereocenters.